The highest BCUT2D eigenvalue weighted by Gasteiger charge is 2.46. The number of aliphatic hydroxyl groups excluding tert-OH is 1. The van der Waals surface area contributed by atoms with Gasteiger partial charge in [-0.05, 0) is 47.4 Å². The summed E-state index contributed by atoms with van der Waals surface area (Å²) in [6.07, 6.45) is 6.21. The number of aromatic nitrogens is 5. The van der Waals surface area contributed by atoms with Crippen LogP contribution in [0.1, 0.15) is 35.6 Å². The first-order valence-corrected chi connectivity index (χ1v) is 12.7. The van der Waals surface area contributed by atoms with Gasteiger partial charge in [0.2, 0.25) is 5.95 Å². The lowest BCUT2D eigenvalue weighted by Gasteiger charge is -2.42. The van der Waals surface area contributed by atoms with Gasteiger partial charge in [0.25, 0.3) is 0 Å². The number of aromatic amines is 1. The van der Waals surface area contributed by atoms with Crippen LogP contribution in [0.2, 0.25) is 5.02 Å². The predicted octanol–water partition coefficient (Wildman–Crippen LogP) is 3.47. The van der Waals surface area contributed by atoms with E-state index in [9.17, 15) is 5.11 Å². The van der Waals surface area contributed by atoms with Crippen LogP contribution in [0, 0.1) is 5.41 Å². The number of benzene rings is 1. The van der Waals surface area contributed by atoms with Crippen LogP contribution in [-0.2, 0) is 13.0 Å². The molecule has 0 radical (unpaired) electrons. The van der Waals surface area contributed by atoms with E-state index in [1.165, 1.54) is 22.9 Å². The van der Waals surface area contributed by atoms with Gasteiger partial charge >= 0.3 is 0 Å². The minimum atomic E-state index is 0.0139. The highest BCUT2D eigenvalue weighted by atomic mass is 35.5. The summed E-state index contributed by atoms with van der Waals surface area (Å²) in [5.74, 6) is 1.06. The van der Waals surface area contributed by atoms with Crippen LogP contribution in [0.25, 0.3) is 11.3 Å². The number of hydrogen-bond donors (Lipinski definition) is 4. The molecule has 1 aliphatic carbocycles. The molecule has 6 rings (SSSR count). The predicted molar refractivity (Wildman–Crippen MR) is 136 cm³/mol. The largest absolute Gasteiger partial charge is 0.392 e. The molecule has 180 valence electrons. The molecule has 0 amide bonds. The quantitative estimate of drug-likeness (QED) is 0.325. The fourth-order valence-corrected chi connectivity index (χ4v) is 6.29. The van der Waals surface area contributed by atoms with Gasteiger partial charge in [-0.25, -0.2) is 15.0 Å². The molecule has 0 saturated carbocycles. The van der Waals surface area contributed by atoms with Crippen molar-refractivity contribution in [1.82, 2.24) is 24.9 Å². The summed E-state index contributed by atoms with van der Waals surface area (Å²) in [6.45, 7) is 1.76. The Morgan fingerprint density at radius 3 is 2.83 bits per heavy atom. The molecule has 1 spiro atoms. The van der Waals surface area contributed by atoms with Gasteiger partial charge in [0.15, 0.2) is 11.3 Å². The normalized spacial score (nSPS) is 18.9. The van der Waals surface area contributed by atoms with Crippen LogP contribution in [0.15, 0.2) is 46.6 Å². The van der Waals surface area contributed by atoms with Crippen LogP contribution in [0.3, 0.4) is 0 Å². The first-order chi connectivity index (χ1) is 17.0. The zero-order chi connectivity index (χ0) is 24.2. The standard InChI is InChI=1S/C24H25ClN8OS/c25-18-16(3-6-28-20(18)27)35-17-11-29-21-22(30-17)32-23(31-21)33-7-4-24(5-8-33)10-14-9-13(12-34)1-2-15(14)19(24)26/h1-3,6,9,11,19,34H,4-5,7-8,10,12,26H2,(H2,27,28)(H,29,30,31,32)/t19-/m1/s1. The Hall–Kier alpha value is -2.92. The highest BCUT2D eigenvalue weighted by molar-refractivity contribution is 7.99. The molecule has 9 nitrogen and oxygen atoms in total. The summed E-state index contributed by atoms with van der Waals surface area (Å²) in [5.41, 5.74) is 17.2. The highest BCUT2D eigenvalue weighted by Crippen LogP contribution is 2.51. The van der Waals surface area contributed by atoms with Crippen molar-refractivity contribution >= 4 is 46.4 Å². The number of nitrogens with two attached hydrogens (primary N) is 2. The Bertz CT molecular complexity index is 1420. The fourth-order valence-electron chi connectivity index (χ4n) is 5.28. The molecule has 0 bridgehead atoms. The Kier molecular flexibility index (Phi) is 5.56. The van der Waals surface area contributed by atoms with Gasteiger partial charge < -0.3 is 26.5 Å². The molecule has 1 aliphatic heterocycles. The van der Waals surface area contributed by atoms with Gasteiger partial charge in [-0.3, -0.25) is 0 Å². The van der Waals surface area contributed by atoms with E-state index in [0.29, 0.717) is 21.3 Å². The summed E-state index contributed by atoms with van der Waals surface area (Å²) < 4.78 is 0. The van der Waals surface area contributed by atoms with Crippen molar-refractivity contribution in [2.75, 3.05) is 23.7 Å². The van der Waals surface area contributed by atoms with Crippen molar-refractivity contribution in [2.45, 2.75) is 41.8 Å². The molecule has 4 heterocycles. The number of hydrogen-bond acceptors (Lipinski definition) is 9. The maximum absolute atomic E-state index is 9.50. The molecule has 2 aliphatic rings. The van der Waals surface area contributed by atoms with Crippen molar-refractivity contribution in [2.24, 2.45) is 11.1 Å². The summed E-state index contributed by atoms with van der Waals surface area (Å²) in [7, 11) is 0. The second kappa shape index (κ2) is 8.63. The number of nitrogen functional groups attached to an aromatic ring is 1. The van der Waals surface area contributed by atoms with E-state index >= 15 is 0 Å². The molecule has 4 aromatic rings. The summed E-state index contributed by atoms with van der Waals surface area (Å²) in [5, 5.41) is 10.6. The van der Waals surface area contributed by atoms with Crippen molar-refractivity contribution in [3.05, 3.63) is 58.4 Å². The van der Waals surface area contributed by atoms with Crippen molar-refractivity contribution < 1.29 is 5.11 Å². The van der Waals surface area contributed by atoms with Gasteiger partial charge in [-0.1, -0.05) is 41.6 Å². The van der Waals surface area contributed by atoms with Crippen molar-refractivity contribution in [3.63, 3.8) is 0 Å². The van der Waals surface area contributed by atoms with Crippen molar-refractivity contribution in [1.29, 1.82) is 0 Å². The second-order valence-electron chi connectivity index (χ2n) is 9.25. The molecule has 1 fully saturated rings. The van der Waals surface area contributed by atoms with Gasteiger partial charge in [0.05, 0.1) is 17.8 Å². The van der Waals surface area contributed by atoms with Gasteiger partial charge in [0, 0.05) is 30.2 Å². The van der Waals surface area contributed by atoms with Crippen LogP contribution in [-0.4, -0.2) is 43.1 Å². The van der Waals surface area contributed by atoms with Crippen LogP contribution in [0.5, 0.6) is 0 Å². The Balaban J connectivity index is 1.18. The van der Waals surface area contributed by atoms with Crippen LogP contribution >= 0.6 is 23.4 Å². The number of H-pyrrole nitrogens is 1. The molecule has 3 aromatic heterocycles. The molecule has 0 unspecified atom stereocenters. The number of halogens is 1. The average molecular weight is 509 g/mol. The molecular formula is C24H25ClN8OS. The fraction of sp³-hybridized carbons (Fsp3) is 0.333. The van der Waals surface area contributed by atoms with Gasteiger partial charge in [-0.15, -0.1) is 0 Å². The zero-order valence-electron chi connectivity index (χ0n) is 18.9. The van der Waals surface area contributed by atoms with E-state index in [1.54, 1.807) is 18.5 Å². The zero-order valence-corrected chi connectivity index (χ0v) is 20.5. The Morgan fingerprint density at radius 1 is 1.20 bits per heavy atom. The average Bonchev–Trinajstić information content (AvgIpc) is 3.41. The number of pyridine rings is 1. The van der Waals surface area contributed by atoms with E-state index < -0.39 is 0 Å². The second-order valence-corrected chi connectivity index (χ2v) is 10.7. The van der Waals surface area contributed by atoms with E-state index in [4.69, 9.17) is 28.1 Å². The summed E-state index contributed by atoms with van der Waals surface area (Å²) in [6, 6.07) is 7.99. The Labute approximate surface area is 211 Å². The molecule has 1 aromatic carbocycles. The molecular weight excluding hydrogens is 484 g/mol. The third kappa shape index (κ3) is 3.90. The van der Waals surface area contributed by atoms with E-state index in [-0.39, 0.29) is 23.9 Å². The molecule has 35 heavy (non-hydrogen) atoms. The maximum atomic E-state index is 9.50. The topological polar surface area (TPSA) is 143 Å². The van der Waals surface area contributed by atoms with E-state index in [0.717, 1.165) is 48.8 Å². The van der Waals surface area contributed by atoms with Gasteiger partial charge in [-0.2, -0.15) is 4.98 Å². The lowest BCUT2D eigenvalue weighted by atomic mass is 9.73. The molecule has 6 N–H and O–H groups in total. The number of aliphatic hydroxyl groups is 1. The maximum Gasteiger partial charge on any atom is 0.206 e. The van der Waals surface area contributed by atoms with E-state index in [2.05, 4.69) is 37.0 Å². The summed E-state index contributed by atoms with van der Waals surface area (Å²) in [4.78, 5) is 24.2. The summed E-state index contributed by atoms with van der Waals surface area (Å²) >= 11 is 7.64. The Morgan fingerprint density at radius 2 is 2.03 bits per heavy atom. The third-order valence-electron chi connectivity index (χ3n) is 7.26. The molecule has 1 saturated heterocycles. The third-order valence-corrected chi connectivity index (χ3v) is 8.73. The number of fused-ring (bicyclic) bond motifs is 2. The lowest BCUT2D eigenvalue weighted by Crippen LogP contribution is -2.44. The monoisotopic (exact) mass is 508 g/mol. The number of anilines is 2. The van der Waals surface area contributed by atoms with E-state index in [1.807, 2.05) is 6.07 Å². The van der Waals surface area contributed by atoms with Crippen LogP contribution < -0.4 is 16.4 Å². The number of piperidine rings is 1. The SMILES string of the molecule is Nc1nccc(Sc2cnc3[nH]c(N4CCC5(CC4)Cc4cc(CO)ccc4[C@H]5N)nc3n2)c1Cl. The van der Waals surface area contributed by atoms with Crippen molar-refractivity contribution in [3.8, 4) is 0 Å². The molecule has 11 heteroatoms. The first-order valence-electron chi connectivity index (χ1n) is 11.5. The number of rotatable bonds is 4. The number of imidazole rings is 1. The van der Waals surface area contributed by atoms with Gasteiger partial charge in [0.1, 0.15) is 10.8 Å². The number of nitrogens with one attached hydrogen (secondary N) is 1. The minimum absolute atomic E-state index is 0.0139. The lowest BCUT2D eigenvalue weighted by molar-refractivity contribution is 0.187. The first kappa shape index (κ1) is 22.5. The van der Waals surface area contributed by atoms with Crippen LogP contribution in [0.4, 0.5) is 11.8 Å². The molecule has 1 atom stereocenters. The minimum Gasteiger partial charge on any atom is -0.392 e. The smallest absolute Gasteiger partial charge is 0.206 e. The number of nitrogens with zero attached hydrogens (tertiary/aromatic N) is 5.